The molecule has 0 aliphatic heterocycles. The molecule has 1 amide bonds. The minimum absolute atomic E-state index is 0.163. The summed E-state index contributed by atoms with van der Waals surface area (Å²) in [5.41, 5.74) is 1.84. The predicted octanol–water partition coefficient (Wildman–Crippen LogP) is 4.44. The minimum Gasteiger partial charge on any atom is -0.446 e. The molecule has 1 aliphatic carbocycles. The number of nitrogens with one attached hydrogen (secondary N) is 1. The van der Waals surface area contributed by atoms with Crippen LogP contribution in [0.5, 0.6) is 0 Å². The van der Waals surface area contributed by atoms with Crippen molar-refractivity contribution in [2.24, 2.45) is 0 Å². The molecule has 0 radical (unpaired) electrons. The monoisotopic (exact) mass is 369 g/mol. The smallest absolute Gasteiger partial charge is 0.253 e. The molecule has 1 atom stereocenters. The van der Waals surface area contributed by atoms with E-state index in [0.29, 0.717) is 11.1 Å². The molecule has 4 rings (SSSR count). The number of amides is 1. The van der Waals surface area contributed by atoms with Crippen molar-refractivity contribution in [1.82, 2.24) is 15.3 Å². The molecule has 1 N–H and O–H groups in total. The highest BCUT2D eigenvalue weighted by atomic mass is 19.3. The summed E-state index contributed by atoms with van der Waals surface area (Å²) >= 11 is 0. The lowest BCUT2D eigenvalue weighted by Gasteiger charge is -2.26. The van der Waals surface area contributed by atoms with Crippen LogP contribution in [0.4, 0.5) is 8.78 Å². The van der Waals surface area contributed by atoms with Gasteiger partial charge in [0.25, 0.3) is 11.8 Å². The SMILES string of the molecule is O=C(NC(C1=CCC(F)(F)CC1)c1ncco1)c1cnc2ccccc2c1. The number of aromatic nitrogens is 2. The number of carbonyl (C=O) groups excluding carboxylic acids is 1. The quantitative estimate of drug-likeness (QED) is 0.691. The molecule has 0 fully saturated rings. The maximum absolute atomic E-state index is 13.5. The number of nitrogens with zero attached hydrogens (tertiary/aromatic N) is 2. The van der Waals surface area contributed by atoms with Gasteiger partial charge in [-0.25, -0.2) is 13.8 Å². The second kappa shape index (κ2) is 6.90. The third-order valence-corrected chi connectivity index (χ3v) is 4.64. The number of rotatable bonds is 4. The molecule has 5 nitrogen and oxygen atoms in total. The molecule has 7 heteroatoms. The molecule has 138 valence electrons. The lowest BCUT2D eigenvalue weighted by atomic mass is 9.91. The van der Waals surface area contributed by atoms with E-state index in [0.717, 1.165) is 10.9 Å². The zero-order chi connectivity index (χ0) is 18.9. The Morgan fingerprint density at radius 1 is 1.26 bits per heavy atom. The number of allylic oxidation sites excluding steroid dienone is 1. The van der Waals surface area contributed by atoms with Crippen LogP contribution in [0.1, 0.15) is 41.6 Å². The van der Waals surface area contributed by atoms with Gasteiger partial charge in [-0.05, 0) is 24.1 Å². The largest absolute Gasteiger partial charge is 0.446 e. The number of oxazole rings is 1. The summed E-state index contributed by atoms with van der Waals surface area (Å²) < 4.78 is 32.3. The summed E-state index contributed by atoms with van der Waals surface area (Å²) in [5.74, 6) is -2.81. The normalized spacial score (nSPS) is 17.3. The van der Waals surface area contributed by atoms with Gasteiger partial charge < -0.3 is 9.73 Å². The summed E-state index contributed by atoms with van der Waals surface area (Å²) in [7, 11) is 0. The van der Waals surface area contributed by atoms with Gasteiger partial charge in [0, 0.05) is 24.4 Å². The highest BCUT2D eigenvalue weighted by Crippen LogP contribution is 2.37. The second-order valence-corrected chi connectivity index (χ2v) is 6.53. The highest BCUT2D eigenvalue weighted by Gasteiger charge is 2.34. The molecule has 2 heterocycles. The van der Waals surface area contributed by atoms with Crippen molar-refractivity contribution in [1.29, 1.82) is 0 Å². The van der Waals surface area contributed by atoms with Gasteiger partial charge >= 0.3 is 0 Å². The number of alkyl halides is 2. The zero-order valence-corrected chi connectivity index (χ0v) is 14.4. The van der Waals surface area contributed by atoms with Gasteiger partial charge in [-0.3, -0.25) is 9.78 Å². The number of benzene rings is 1. The highest BCUT2D eigenvalue weighted by molar-refractivity contribution is 5.97. The number of fused-ring (bicyclic) bond motifs is 1. The van der Waals surface area contributed by atoms with E-state index >= 15 is 0 Å². The Hall–Kier alpha value is -3.09. The summed E-state index contributed by atoms with van der Waals surface area (Å²) in [4.78, 5) is 21.2. The van der Waals surface area contributed by atoms with E-state index in [1.165, 1.54) is 24.7 Å². The van der Waals surface area contributed by atoms with Crippen LogP contribution in [0.15, 0.2) is 65.1 Å². The van der Waals surface area contributed by atoms with Crippen LogP contribution < -0.4 is 5.32 Å². The van der Waals surface area contributed by atoms with Gasteiger partial charge in [0.2, 0.25) is 5.89 Å². The van der Waals surface area contributed by atoms with E-state index in [2.05, 4.69) is 15.3 Å². The molecule has 3 aromatic rings. The van der Waals surface area contributed by atoms with Crippen LogP contribution >= 0.6 is 0 Å². The van der Waals surface area contributed by atoms with E-state index in [9.17, 15) is 13.6 Å². The van der Waals surface area contributed by atoms with E-state index < -0.39 is 12.0 Å². The molecule has 0 saturated heterocycles. The first kappa shape index (κ1) is 17.3. The number of pyridine rings is 1. The average molecular weight is 369 g/mol. The van der Waals surface area contributed by atoms with Crippen molar-refractivity contribution < 1.29 is 18.0 Å². The van der Waals surface area contributed by atoms with Crippen LogP contribution in [0.3, 0.4) is 0 Å². The van der Waals surface area contributed by atoms with Gasteiger partial charge in [0.15, 0.2) is 0 Å². The molecular weight excluding hydrogens is 352 g/mol. The fourth-order valence-corrected chi connectivity index (χ4v) is 3.17. The Morgan fingerprint density at radius 3 is 2.85 bits per heavy atom. The lowest BCUT2D eigenvalue weighted by Crippen LogP contribution is -2.32. The summed E-state index contributed by atoms with van der Waals surface area (Å²) in [6.45, 7) is 0. The van der Waals surface area contributed by atoms with Crippen LogP contribution in [0.25, 0.3) is 10.9 Å². The topological polar surface area (TPSA) is 68.0 Å². The van der Waals surface area contributed by atoms with Crippen molar-refractivity contribution >= 4 is 16.8 Å². The minimum atomic E-state index is -2.71. The number of para-hydroxylation sites is 1. The molecular formula is C20H17F2N3O2. The van der Waals surface area contributed by atoms with Gasteiger partial charge in [0.05, 0.1) is 17.3 Å². The van der Waals surface area contributed by atoms with E-state index in [4.69, 9.17) is 4.42 Å². The zero-order valence-electron chi connectivity index (χ0n) is 14.4. The van der Waals surface area contributed by atoms with E-state index in [-0.39, 0.29) is 31.1 Å². The van der Waals surface area contributed by atoms with Crippen LogP contribution in [0, 0.1) is 0 Å². The van der Waals surface area contributed by atoms with Crippen molar-refractivity contribution in [2.75, 3.05) is 0 Å². The summed E-state index contributed by atoms with van der Waals surface area (Å²) in [5, 5.41) is 3.69. The average Bonchev–Trinajstić information content (AvgIpc) is 3.20. The molecule has 0 spiro atoms. The Balaban J connectivity index is 1.61. The molecule has 2 aromatic heterocycles. The summed E-state index contributed by atoms with van der Waals surface area (Å²) in [6.07, 6.45) is 5.37. The first-order chi connectivity index (χ1) is 13.0. The number of hydrogen-bond donors (Lipinski definition) is 1. The maximum atomic E-state index is 13.5. The molecule has 1 unspecified atom stereocenters. The van der Waals surface area contributed by atoms with Gasteiger partial charge in [-0.1, -0.05) is 24.3 Å². The van der Waals surface area contributed by atoms with Crippen molar-refractivity contribution in [3.63, 3.8) is 0 Å². The standard InChI is InChI=1S/C20H17F2N3O2/c21-20(22)7-5-13(6-8-20)17(19-23-9-10-27-19)25-18(26)15-11-14-3-1-2-4-16(14)24-12-15/h1-5,9-12,17H,6-8H2,(H,25,26). The fraction of sp³-hybridized carbons (Fsp3) is 0.250. The molecule has 0 saturated carbocycles. The Bertz CT molecular complexity index is 999. The Morgan fingerprint density at radius 2 is 2.11 bits per heavy atom. The van der Waals surface area contributed by atoms with Crippen molar-refractivity contribution in [2.45, 2.75) is 31.2 Å². The van der Waals surface area contributed by atoms with Crippen LogP contribution in [0.2, 0.25) is 0 Å². The second-order valence-electron chi connectivity index (χ2n) is 6.53. The van der Waals surface area contributed by atoms with Gasteiger partial charge in [-0.2, -0.15) is 0 Å². The molecule has 27 heavy (non-hydrogen) atoms. The van der Waals surface area contributed by atoms with Crippen molar-refractivity contribution in [3.8, 4) is 0 Å². The third kappa shape index (κ3) is 3.72. The predicted molar refractivity (Wildman–Crippen MR) is 95.3 cm³/mol. The van der Waals surface area contributed by atoms with Crippen LogP contribution in [-0.4, -0.2) is 21.8 Å². The van der Waals surface area contributed by atoms with E-state index in [1.54, 1.807) is 6.07 Å². The van der Waals surface area contributed by atoms with E-state index in [1.807, 2.05) is 24.3 Å². The first-order valence-corrected chi connectivity index (χ1v) is 8.64. The molecule has 0 bridgehead atoms. The van der Waals surface area contributed by atoms with Crippen LogP contribution in [-0.2, 0) is 0 Å². The number of halogens is 2. The number of carbonyl (C=O) groups is 1. The third-order valence-electron chi connectivity index (χ3n) is 4.64. The van der Waals surface area contributed by atoms with Gasteiger partial charge in [-0.15, -0.1) is 0 Å². The molecule has 1 aliphatic rings. The maximum Gasteiger partial charge on any atom is 0.253 e. The molecule has 1 aromatic carbocycles. The van der Waals surface area contributed by atoms with Gasteiger partial charge in [0.1, 0.15) is 12.3 Å². The fourth-order valence-electron chi connectivity index (χ4n) is 3.17. The van der Waals surface area contributed by atoms with Crippen molar-refractivity contribution in [3.05, 3.63) is 72.1 Å². The Labute approximate surface area is 154 Å². The number of hydrogen-bond acceptors (Lipinski definition) is 4. The Kier molecular flexibility index (Phi) is 4.43. The first-order valence-electron chi connectivity index (χ1n) is 8.64. The summed E-state index contributed by atoms with van der Waals surface area (Å²) in [6, 6.07) is 8.53. The lowest BCUT2D eigenvalue weighted by molar-refractivity contribution is -0.00948.